The van der Waals surface area contributed by atoms with Crippen molar-refractivity contribution in [2.45, 2.75) is 37.0 Å². The fraction of sp³-hybridized carbons (Fsp3) is 0.286. The Balaban J connectivity index is 1.44. The fourth-order valence-electron chi connectivity index (χ4n) is 2.70. The monoisotopic (exact) mass is 395 g/mol. The summed E-state index contributed by atoms with van der Waals surface area (Å²) in [5.74, 6) is 0.763. The highest BCUT2D eigenvalue weighted by Gasteiger charge is 2.08. The summed E-state index contributed by atoms with van der Waals surface area (Å²) in [6.07, 6.45) is 3.70. The van der Waals surface area contributed by atoms with Gasteiger partial charge in [-0.1, -0.05) is 24.3 Å². The topological polar surface area (TPSA) is 65.8 Å². The third kappa shape index (κ3) is 5.81. The summed E-state index contributed by atoms with van der Waals surface area (Å²) >= 11 is 3.33. The van der Waals surface area contributed by atoms with Crippen molar-refractivity contribution in [3.05, 3.63) is 53.5 Å². The maximum atomic E-state index is 12.3. The lowest BCUT2D eigenvalue weighted by atomic mass is 10.2. The molecular formula is C21H21N3OS2. The number of benzene rings is 2. The molecule has 0 atom stereocenters. The molecule has 0 aliphatic carbocycles. The molecule has 2 aromatic carbocycles. The highest BCUT2D eigenvalue weighted by molar-refractivity contribution is 7.99. The molecule has 0 unspecified atom stereocenters. The molecule has 1 amide bonds. The number of aryl methyl sites for hydroxylation is 1. The second kappa shape index (κ2) is 10.1. The van der Waals surface area contributed by atoms with Gasteiger partial charge in [0.25, 0.3) is 0 Å². The molecular weight excluding hydrogens is 374 g/mol. The highest BCUT2D eigenvalue weighted by Crippen LogP contribution is 2.27. The lowest BCUT2D eigenvalue weighted by Crippen LogP contribution is -2.11. The molecule has 0 fully saturated rings. The van der Waals surface area contributed by atoms with E-state index in [0.717, 1.165) is 46.1 Å². The molecule has 1 aromatic heterocycles. The van der Waals surface area contributed by atoms with Gasteiger partial charge in [0.15, 0.2) is 0 Å². The van der Waals surface area contributed by atoms with Crippen molar-refractivity contribution in [1.29, 1.82) is 5.26 Å². The van der Waals surface area contributed by atoms with Crippen molar-refractivity contribution in [1.82, 2.24) is 4.98 Å². The van der Waals surface area contributed by atoms with Crippen molar-refractivity contribution < 1.29 is 4.79 Å². The zero-order valence-electron chi connectivity index (χ0n) is 15.0. The van der Waals surface area contributed by atoms with E-state index in [1.54, 1.807) is 23.1 Å². The molecule has 0 radical (unpaired) electrons. The van der Waals surface area contributed by atoms with E-state index in [2.05, 4.69) is 22.4 Å². The summed E-state index contributed by atoms with van der Waals surface area (Å²) in [5.41, 5.74) is 1.89. The van der Waals surface area contributed by atoms with Crippen LogP contribution in [0.15, 0.2) is 53.4 Å². The number of carbonyl (C=O) groups is 1. The van der Waals surface area contributed by atoms with E-state index in [1.165, 1.54) is 4.70 Å². The van der Waals surface area contributed by atoms with E-state index >= 15 is 0 Å². The first-order chi connectivity index (χ1) is 13.3. The molecule has 1 heterocycles. The molecule has 0 saturated heterocycles. The summed E-state index contributed by atoms with van der Waals surface area (Å²) in [5, 5.41) is 12.8. The quantitative estimate of drug-likeness (QED) is 0.375. The van der Waals surface area contributed by atoms with E-state index in [4.69, 9.17) is 5.26 Å². The van der Waals surface area contributed by atoms with Crippen molar-refractivity contribution >= 4 is 44.9 Å². The van der Waals surface area contributed by atoms with Crippen LogP contribution in [0.3, 0.4) is 0 Å². The number of nitriles is 1. The Bertz CT molecular complexity index is 913. The zero-order valence-corrected chi connectivity index (χ0v) is 16.6. The van der Waals surface area contributed by atoms with E-state index in [9.17, 15) is 4.79 Å². The van der Waals surface area contributed by atoms with Gasteiger partial charge in [0.05, 0.1) is 27.0 Å². The number of nitrogens with one attached hydrogen (secondary N) is 1. The number of unbranched alkanes of at least 4 members (excludes halogenated alkanes) is 1. The summed E-state index contributed by atoms with van der Waals surface area (Å²) in [6, 6.07) is 18.1. The number of thiazole rings is 1. The molecule has 0 saturated carbocycles. The van der Waals surface area contributed by atoms with Gasteiger partial charge in [0.1, 0.15) is 0 Å². The van der Waals surface area contributed by atoms with Gasteiger partial charge in [-0.15, -0.1) is 23.1 Å². The number of hydrogen-bond acceptors (Lipinski definition) is 5. The minimum absolute atomic E-state index is 0.0348. The second-order valence-electron chi connectivity index (χ2n) is 6.08. The van der Waals surface area contributed by atoms with Gasteiger partial charge in [0.2, 0.25) is 5.91 Å². The third-order valence-electron chi connectivity index (χ3n) is 4.02. The van der Waals surface area contributed by atoms with Crippen molar-refractivity contribution in [3.63, 3.8) is 0 Å². The Morgan fingerprint density at radius 3 is 2.81 bits per heavy atom. The Morgan fingerprint density at radius 1 is 1.15 bits per heavy atom. The van der Waals surface area contributed by atoms with Crippen LogP contribution in [-0.2, 0) is 11.2 Å². The smallest absolute Gasteiger partial charge is 0.224 e. The molecule has 3 rings (SSSR count). The maximum absolute atomic E-state index is 12.3. The number of anilines is 1. The fourth-order valence-corrected chi connectivity index (χ4v) is 4.58. The standard InChI is InChI=1S/C21H21N3OS2/c22-14-7-15-26-18-10-3-1-8-16(18)23-20(25)12-5-6-13-21-24-17-9-2-4-11-19(17)27-21/h1-4,8-11H,5-7,12-13,15H2,(H,23,25). The van der Waals surface area contributed by atoms with Crippen molar-refractivity contribution in [2.75, 3.05) is 11.1 Å². The molecule has 0 spiro atoms. The van der Waals surface area contributed by atoms with E-state index in [1.807, 2.05) is 42.5 Å². The first kappa shape index (κ1) is 19.4. The van der Waals surface area contributed by atoms with Gasteiger partial charge in [-0.3, -0.25) is 4.79 Å². The number of carbonyl (C=O) groups excluding carboxylic acids is 1. The largest absolute Gasteiger partial charge is 0.325 e. The maximum Gasteiger partial charge on any atom is 0.224 e. The lowest BCUT2D eigenvalue weighted by molar-refractivity contribution is -0.116. The summed E-state index contributed by atoms with van der Waals surface area (Å²) < 4.78 is 1.22. The van der Waals surface area contributed by atoms with Gasteiger partial charge in [-0.2, -0.15) is 5.26 Å². The highest BCUT2D eigenvalue weighted by atomic mass is 32.2. The second-order valence-corrected chi connectivity index (χ2v) is 8.34. The Labute approximate surface area is 167 Å². The minimum atomic E-state index is 0.0348. The average Bonchev–Trinajstić information content (AvgIpc) is 3.10. The average molecular weight is 396 g/mol. The molecule has 27 heavy (non-hydrogen) atoms. The van der Waals surface area contributed by atoms with E-state index < -0.39 is 0 Å². The molecule has 0 aliphatic heterocycles. The predicted molar refractivity (Wildman–Crippen MR) is 113 cm³/mol. The summed E-state index contributed by atoms with van der Waals surface area (Å²) in [4.78, 5) is 17.9. The van der Waals surface area contributed by atoms with Gasteiger partial charge in [-0.05, 0) is 43.5 Å². The van der Waals surface area contributed by atoms with Crippen LogP contribution in [0.25, 0.3) is 10.2 Å². The molecule has 138 valence electrons. The van der Waals surface area contributed by atoms with Crippen LogP contribution in [0, 0.1) is 11.3 Å². The van der Waals surface area contributed by atoms with Gasteiger partial charge < -0.3 is 5.32 Å². The van der Waals surface area contributed by atoms with Crippen LogP contribution in [0.2, 0.25) is 0 Å². The SMILES string of the molecule is N#CCCSc1ccccc1NC(=O)CCCCc1nc2ccccc2s1. The van der Waals surface area contributed by atoms with Crippen molar-refractivity contribution in [3.8, 4) is 6.07 Å². The number of rotatable bonds is 9. The Hall–Kier alpha value is -2.36. The number of amides is 1. The van der Waals surface area contributed by atoms with Gasteiger partial charge in [-0.25, -0.2) is 4.98 Å². The van der Waals surface area contributed by atoms with Crippen LogP contribution in [0.5, 0.6) is 0 Å². The number of hydrogen-bond donors (Lipinski definition) is 1. The normalized spacial score (nSPS) is 10.6. The summed E-state index contributed by atoms with van der Waals surface area (Å²) in [6.45, 7) is 0. The van der Waals surface area contributed by atoms with Crippen LogP contribution in [0.1, 0.15) is 30.7 Å². The van der Waals surface area contributed by atoms with Crippen LogP contribution >= 0.6 is 23.1 Å². The lowest BCUT2D eigenvalue weighted by Gasteiger charge is -2.10. The van der Waals surface area contributed by atoms with E-state index in [0.29, 0.717) is 12.8 Å². The Kier molecular flexibility index (Phi) is 7.26. The number of thioether (sulfide) groups is 1. The molecule has 6 heteroatoms. The molecule has 3 aromatic rings. The molecule has 4 nitrogen and oxygen atoms in total. The number of nitrogens with zero attached hydrogens (tertiary/aromatic N) is 2. The third-order valence-corrected chi connectivity index (χ3v) is 6.19. The number of aromatic nitrogens is 1. The first-order valence-electron chi connectivity index (χ1n) is 8.99. The molecule has 1 N–H and O–H groups in total. The van der Waals surface area contributed by atoms with Crippen LogP contribution in [0.4, 0.5) is 5.69 Å². The predicted octanol–water partition coefficient (Wildman–Crippen LogP) is 5.65. The van der Waals surface area contributed by atoms with Gasteiger partial charge >= 0.3 is 0 Å². The van der Waals surface area contributed by atoms with E-state index in [-0.39, 0.29) is 5.91 Å². The van der Waals surface area contributed by atoms with Gasteiger partial charge in [0, 0.05) is 23.5 Å². The zero-order chi connectivity index (χ0) is 18.9. The van der Waals surface area contributed by atoms with Crippen molar-refractivity contribution in [2.24, 2.45) is 0 Å². The minimum Gasteiger partial charge on any atom is -0.325 e. The summed E-state index contributed by atoms with van der Waals surface area (Å²) in [7, 11) is 0. The number of para-hydroxylation sites is 2. The molecule has 0 bridgehead atoms. The van der Waals surface area contributed by atoms with Crippen LogP contribution < -0.4 is 5.32 Å². The Morgan fingerprint density at radius 2 is 1.96 bits per heavy atom. The number of fused-ring (bicyclic) bond motifs is 1. The first-order valence-corrected chi connectivity index (χ1v) is 10.8. The van der Waals surface area contributed by atoms with Crippen LogP contribution in [-0.4, -0.2) is 16.6 Å². The molecule has 0 aliphatic rings.